The first-order chi connectivity index (χ1) is 11.5. The summed E-state index contributed by atoms with van der Waals surface area (Å²) in [5.41, 5.74) is 0.796. The van der Waals surface area contributed by atoms with E-state index in [9.17, 15) is 20.4 Å². The van der Waals surface area contributed by atoms with Gasteiger partial charge in [-0.1, -0.05) is 12.1 Å². The molecule has 6 heteroatoms. The van der Waals surface area contributed by atoms with E-state index in [1.807, 2.05) is 0 Å². The van der Waals surface area contributed by atoms with Crippen LogP contribution in [0.4, 0.5) is 0 Å². The number of hydrogen-bond acceptors (Lipinski definition) is 6. The van der Waals surface area contributed by atoms with Gasteiger partial charge < -0.3 is 29.9 Å². The number of phenolic OH excluding ortho intramolecular Hbond substituents is 2. The van der Waals surface area contributed by atoms with Gasteiger partial charge in [0.2, 0.25) is 0 Å². The van der Waals surface area contributed by atoms with Crippen molar-refractivity contribution in [1.82, 2.24) is 0 Å². The van der Waals surface area contributed by atoms with Crippen molar-refractivity contribution >= 4 is 0 Å². The molecule has 0 heterocycles. The summed E-state index contributed by atoms with van der Waals surface area (Å²) in [6.07, 6.45) is -2.47. The quantitative estimate of drug-likeness (QED) is 0.621. The predicted octanol–water partition coefficient (Wildman–Crippen LogP) is 2.66. The molecule has 0 amide bonds. The van der Waals surface area contributed by atoms with Gasteiger partial charge in [-0.3, -0.25) is 0 Å². The fourth-order valence-electron chi connectivity index (χ4n) is 2.34. The summed E-state index contributed by atoms with van der Waals surface area (Å²) < 4.78 is 10.6. The summed E-state index contributed by atoms with van der Waals surface area (Å²) in [5.74, 6) is 0.403. The lowest BCUT2D eigenvalue weighted by Gasteiger charge is -2.20. The molecular formula is C18H22O6. The zero-order valence-electron chi connectivity index (χ0n) is 13.6. The third kappa shape index (κ3) is 3.90. The molecule has 2 atom stereocenters. The minimum absolute atomic E-state index is 0.0365. The van der Waals surface area contributed by atoms with E-state index in [4.69, 9.17) is 9.47 Å². The molecule has 0 fully saturated rings. The van der Waals surface area contributed by atoms with Crippen molar-refractivity contribution in [3.05, 3.63) is 47.5 Å². The highest BCUT2D eigenvalue weighted by molar-refractivity contribution is 5.45. The number of aromatic hydroxyl groups is 2. The van der Waals surface area contributed by atoms with Crippen molar-refractivity contribution in [2.24, 2.45) is 0 Å². The molecule has 2 rings (SSSR count). The standard InChI is InChI=1S/C18H22O6/c1-3-23-15-9-11(5-7-13(15)19)17(21)18(22)12-6-8-14(20)16(10-12)24-4-2/h5-10,17-22H,3-4H2,1-2H3/t17-,18-/m0/s1. The van der Waals surface area contributed by atoms with E-state index in [1.165, 1.54) is 36.4 Å². The number of rotatable bonds is 7. The first-order valence-electron chi connectivity index (χ1n) is 7.75. The maximum Gasteiger partial charge on any atom is 0.161 e. The van der Waals surface area contributed by atoms with Crippen LogP contribution in [-0.4, -0.2) is 33.6 Å². The van der Waals surface area contributed by atoms with Gasteiger partial charge in [0.1, 0.15) is 12.2 Å². The van der Waals surface area contributed by atoms with Crippen LogP contribution in [0.15, 0.2) is 36.4 Å². The van der Waals surface area contributed by atoms with Crippen LogP contribution < -0.4 is 9.47 Å². The number of benzene rings is 2. The Balaban J connectivity index is 2.27. The Morgan fingerprint density at radius 2 is 1.12 bits per heavy atom. The summed E-state index contributed by atoms with van der Waals surface area (Å²) in [6, 6.07) is 8.79. The Bertz CT molecular complexity index is 626. The average Bonchev–Trinajstić information content (AvgIpc) is 2.58. The lowest BCUT2D eigenvalue weighted by molar-refractivity contribution is 0.0169. The van der Waals surface area contributed by atoms with Gasteiger partial charge in [-0.25, -0.2) is 0 Å². The first-order valence-corrected chi connectivity index (χ1v) is 7.75. The van der Waals surface area contributed by atoms with Crippen molar-refractivity contribution in [2.45, 2.75) is 26.1 Å². The number of ether oxygens (including phenoxy) is 2. The molecule has 6 nitrogen and oxygen atoms in total. The van der Waals surface area contributed by atoms with Gasteiger partial charge in [-0.15, -0.1) is 0 Å². The van der Waals surface area contributed by atoms with Gasteiger partial charge >= 0.3 is 0 Å². The fourth-order valence-corrected chi connectivity index (χ4v) is 2.34. The summed E-state index contributed by atoms with van der Waals surface area (Å²) >= 11 is 0. The largest absolute Gasteiger partial charge is 0.504 e. The molecule has 0 saturated heterocycles. The summed E-state index contributed by atoms with van der Waals surface area (Å²) in [6.45, 7) is 4.29. The smallest absolute Gasteiger partial charge is 0.161 e. The second kappa shape index (κ2) is 7.90. The third-order valence-corrected chi connectivity index (χ3v) is 3.55. The van der Waals surface area contributed by atoms with Crippen LogP contribution in [0.1, 0.15) is 37.2 Å². The maximum atomic E-state index is 10.4. The normalized spacial score (nSPS) is 13.3. The number of phenols is 2. The Hall–Kier alpha value is -2.44. The van der Waals surface area contributed by atoms with Crippen LogP contribution in [0.2, 0.25) is 0 Å². The lowest BCUT2D eigenvalue weighted by atomic mass is 9.97. The monoisotopic (exact) mass is 334 g/mol. The Morgan fingerprint density at radius 1 is 0.750 bits per heavy atom. The Kier molecular flexibility index (Phi) is 5.89. The van der Waals surface area contributed by atoms with E-state index >= 15 is 0 Å². The molecule has 0 aliphatic carbocycles. The van der Waals surface area contributed by atoms with Crippen LogP contribution in [0, 0.1) is 0 Å². The molecular weight excluding hydrogens is 312 g/mol. The van der Waals surface area contributed by atoms with Crippen molar-refractivity contribution in [3.8, 4) is 23.0 Å². The van der Waals surface area contributed by atoms with Crippen molar-refractivity contribution < 1.29 is 29.9 Å². The van der Waals surface area contributed by atoms with Gasteiger partial charge in [0.15, 0.2) is 23.0 Å². The van der Waals surface area contributed by atoms with E-state index < -0.39 is 12.2 Å². The SMILES string of the molecule is CCOc1cc([C@H](O)[C@@H](O)c2ccc(O)c(OCC)c2)ccc1O. The number of hydrogen-bond donors (Lipinski definition) is 4. The zero-order valence-corrected chi connectivity index (χ0v) is 13.6. The molecule has 4 N–H and O–H groups in total. The summed E-state index contributed by atoms with van der Waals surface area (Å²) in [7, 11) is 0. The van der Waals surface area contributed by atoms with Gasteiger partial charge in [0.05, 0.1) is 13.2 Å². The molecule has 130 valence electrons. The van der Waals surface area contributed by atoms with Gasteiger partial charge in [-0.05, 0) is 49.2 Å². The minimum atomic E-state index is -1.23. The number of aliphatic hydroxyl groups excluding tert-OH is 2. The molecule has 0 bridgehead atoms. The highest BCUT2D eigenvalue weighted by Crippen LogP contribution is 2.37. The van der Waals surface area contributed by atoms with Crippen LogP contribution in [0.5, 0.6) is 23.0 Å². The maximum absolute atomic E-state index is 10.4. The molecule has 0 spiro atoms. The zero-order chi connectivity index (χ0) is 17.7. The second-order valence-electron chi connectivity index (χ2n) is 5.21. The highest BCUT2D eigenvalue weighted by Gasteiger charge is 2.22. The van der Waals surface area contributed by atoms with Crippen molar-refractivity contribution in [2.75, 3.05) is 13.2 Å². The molecule has 0 aromatic heterocycles. The average molecular weight is 334 g/mol. The van der Waals surface area contributed by atoms with Crippen LogP contribution >= 0.6 is 0 Å². The summed E-state index contributed by atoms with van der Waals surface area (Å²) in [5, 5.41) is 40.3. The molecule has 24 heavy (non-hydrogen) atoms. The predicted molar refractivity (Wildman–Crippen MR) is 88.5 cm³/mol. The Labute approximate surface area is 140 Å². The Morgan fingerprint density at radius 3 is 1.46 bits per heavy atom. The number of aliphatic hydroxyl groups is 2. The van der Waals surface area contributed by atoms with Gasteiger partial charge in [0.25, 0.3) is 0 Å². The topological polar surface area (TPSA) is 99.4 Å². The molecule has 0 aliphatic rings. The van der Waals surface area contributed by atoms with Gasteiger partial charge in [0, 0.05) is 0 Å². The molecule has 0 radical (unpaired) electrons. The molecule has 0 aliphatic heterocycles. The highest BCUT2D eigenvalue weighted by atomic mass is 16.5. The van der Waals surface area contributed by atoms with E-state index in [2.05, 4.69) is 0 Å². The van der Waals surface area contributed by atoms with Crippen LogP contribution in [0.3, 0.4) is 0 Å². The molecule has 2 aromatic rings. The van der Waals surface area contributed by atoms with Crippen LogP contribution in [-0.2, 0) is 0 Å². The van der Waals surface area contributed by atoms with E-state index in [-0.39, 0.29) is 23.0 Å². The molecule has 2 aromatic carbocycles. The van der Waals surface area contributed by atoms with Crippen molar-refractivity contribution in [1.29, 1.82) is 0 Å². The first kappa shape index (κ1) is 17.9. The van der Waals surface area contributed by atoms with E-state index in [1.54, 1.807) is 13.8 Å². The molecule has 0 unspecified atom stereocenters. The second-order valence-corrected chi connectivity index (χ2v) is 5.21. The molecule has 0 saturated carbocycles. The van der Waals surface area contributed by atoms with E-state index in [0.29, 0.717) is 24.3 Å². The minimum Gasteiger partial charge on any atom is -0.504 e. The van der Waals surface area contributed by atoms with Gasteiger partial charge in [-0.2, -0.15) is 0 Å². The summed E-state index contributed by atoms with van der Waals surface area (Å²) in [4.78, 5) is 0. The van der Waals surface area contributed by atoms with E-state index in [0.717, 1.165) is 0 Å². The fraction of sp³-hybridized carbons (Fsp3) is 0.333. The third-order valence-electron chi connectivity index (χ3n) is 3.55. The van der Waals surface area contributed by atoms with Crippen molar-refractivity contribution in [3.63, 3.8) is 0 Å². The lowest BCUT2D eigenvalue weighted by Crippen LogP contribution is -2.11. The van der Waals surface area contributed by atoms with Crippen LogP contribution in [0.25, 0.3) is 0 Å².